The third-order valence-electron chi connectivity index (χ3n) is 9.30. The molecule has 4 unspecified atom stereocenters. The predicted octanol–water partition coefficient (Wildman–Crippen LogP) is 1.62. The highest BCUT2D eigenvalue weighted by molar-refractivity contribution is 8.00. The molecule has 4 heterocycles. The summed E-state index contributed by atoms with van der Waals surface area (Å²) in [5.41, 5.74) is 3.01. The molecule has 0 aromatic heterocycles. The minimum absolute atomic E-state index is 0.243. The van der Waals surface area contributed by atoms with Crippen molar-refractivity contribution >= 4 is 70.5 Å². The van der Waals surface area contributed by atoms with Gasteiger partial charge in [0.25, 0.3) is 11.8 Å². The molecule has 0 spiro atoms. The van der Waals surface area contributed by atoms with E-state index in [0.717, 1.165) is 11.1 Å². The van der Waals surface area contributed by atoms with Crippen molar-refractivity contribution < 1.29 is 38.4 Å². The topological polar surface area (TPSA) is 191 Å². The van der Waals surface area contributed by atoms with Gasteiger partial charge in [-0.05, 0) is 36.1 Å². The average Bonchev–Trinajstić information content (AvgIpc) is 3.14. The third-order valence-corrected chi connectivity index (χ3v) is 12.2. The molecule has 2 aromatic rings. The molecule has 2 aromatic carbocycles. The monoisotopic (exact) mass is 758 g/mol. The van der Waals surface area contributed by atoms with Gasteiger partial charge in [-0.2, -0.15) is 0 Å². The molecule has 0 aliphatic carbocycles. The number of fused-ring (bicyclic) bond motifs is 2. The molecule has 6 rings (SSSR count). The Hall–Kier alpha value is -5.22. The number of hydrogen-bond donors (Lipinski definition) is 4. The normalized spacial score (nSPS) is 23.0. The van der Waals surface area contributed by atoms with Gasteiger partial charge in [-0.1, -0.05) is 60.7 Å². The lowest BCUT2D eigenvalue weighted by atomic mass is 9.99. The number of nitrogens with one attached hydrogen (secondary N) is 4. The summed E-state index contributed by atoms with van der Waals surface area (Å²) in [5.74, 6) is -3.35. The van der Waals surface area contributed by atoms with E-state index in [2.05, 4.69) is 21.3 Å². The van der Waals surface area contributed by atoms with Crippen molar-refractivity contribution in [2.75, 3.05) is 11.5 Å². The van der Waals surface area contributed by atoms with Gasteiger partial charge < -0.3 is 21.3 Å². The van der Waals surface area contributed by atoms with Crippen LogP contribution in [0.4, 0.5) is 0 Å². The molecule has 6 atom stereocenters. The standard InChI is InChI=1S/C37H38N6O8S2/c1-18-16-52-36-28(34(50)42(36)30(18)20(3)44)40-32(48)26(22-11-7-5-8-12-22)38-24(46)15-25(47)39-27(23-13-9-6-10-14-23)33(49)41-29-35(51)43-31(21(4)45)19(2)17-53-37(29)43/h5-14,26-29,36-37H,15-17H2,1-4H3,(H,38,46)(H,39,47)(H,40,48)(H,41,49)/t26-,27+,28?,29?,36?,37?. The fourth-order valence-corrected chi connectivity index (χ4v) is 9.44. The number of hydrogen-bond acceptors (Lipinski definition) is 10. The summed E-state index contributed by atoms with van der Waals surface area (Å²) in [6.45, 7) is 6.35. The second-order valence-electron chi connectivity index (χ2n) is 13.2. The smallest absolute Gasteiger partial charge is 0.253 e. The fraction of sp³-hybridized carbons (Fsp3) is 0.351. The molecule has 0 saturated carbocycles. The van der Waals surface area contributed by atoms with E-state index in [1.807, 2.05) is 0 Å². The Kier molecular flexibility index (Phi) is 10.9. The summed E-state index contributed by atoms with van der Waals surface area (Å²) in [4.78, 5) is 108. The van der Waals surface area contributed by atoms with E-state index in [0.29, 0.717) is 34.0 Å². The van der Waals surface area contributed by atoms with Crippen LogP contribution in [-0.2, 0) is 38.4 Å². The summed E-state index contributed by atoms with van der Waals surface area (Å²) in [5, 5.41) is 9.66. The van der Waals surface area contributed by atoms with Crippen LogP contribution < -0.4 is 21.3 Å². The van der Waals surface area contributed by atoms with E-state index in [4.69, 9.17) is 0 Å². The highest BCUT2D eigenvalue weighted by Crippen LogP contribution is 2.41. The Labute approximate surface area is 313 Å². The van der Waals surface area contributed by atoms with Gasteiger partial charge in [-0.15, -0.1) is 23.5 Å². The highest BCUT2D eigenvalue weighted by Gasteiger charge is 2.54. The van der Waals surface area contributed by atoms with Crippen LogP contribution in [0.3, 0.4) is 0 Å². The predicted molar refractivity (Wildman–Crippen MR) is 196 cm³/mol. The first-order chi connectivity index (χ1) is 25.3. The van der Waals surface area contributed by atoms with Crippen molar-refractivity contribution in [2.45, 2.75) is 69.0 Å². The molecule has 2 fully saturated rings. The summed E-state index contributed by atoms with van der Waals surface area (Å²) in [7, 11) is 0. The van der Waals surface area contributed by atoms with Gasteiger partial charge in [-0.3, -0.25) is 48.2 Å². The number of benzene rings is 2. The molecule has 4 aliphatic rings. The zero-order valence-corrected chi connectivity index (χ0v) is 31.0. The SMILES string of the molecule is CC(=O)C1=C(C)CSC2C(NC(=O)[C@@H](NC(=O)CC(=O)N[C@@H](C(=O)NC3C(=O)N4C(C(C)=O)=C(C)CSC34)c3ccccc3)c3ccccc3)C(=O)N12. The number of allylic oxidation sites excluding steroid dienone is 2. The Morgan fingerprint density at radius 1 is 0.642 bits per heavy atom. The summed E-state index contributed by atoms with van der Waals surface area (Å²) in [6, 6.07) is 12.2. The first kappa shape index (κ1) is 37.5. The van der Waals surface area contributed by atoms with Gasteiger partial charge in [0.1, 0.15) is 41.3 Å². The van der Waals surface area contributed by atoms with Crippen LogP contribution in [0.1, 0.15) is 57.3 Å². The Morgan fingerprint density at radius 2 is 1.00 bits per heavy atom. The highest BCUT2D eigenvalue weighted by atomic mass is 32.2. The Bertz CT molecular complexity index is 1830. The molecule has 0 bridgehead atoms. The van der Waals surface area contributed by atoms with E-state index in [9.17, 15) is 38.4 Å². The van der Waals surface area contributed by atoms with E-state index >= 15 is 0 Å². The molecule has 14 nitrogen and oxygen atoms in total. The molecular formula is C37H38N6O8S2. The number of ketones is 2. The molecule has 2 saturated heterocycles. The third kappa shape index (κ3) is 7.38. The van der Waals surface area contributed by atoms with Crippen molar-refractivity contribution in [1.29, 1.82) is 0 Å². The summed E-state index contributed by atoms with van der Waals surface area (Å²) in [6.07, 6.45) is -0.755. The lowest BCUT2D eigenvalue weighted by Gasteiger charge is -2.50. The van der Waals surface area contributed by atoms with Crippen LogP contribution in [0.2, 0.25) is 0 Å². The first-order valence-corrected chi connectivity index (χ1v) is 19.0. The van der Waals surface area contributed by atoms with E-state index in [1.54, 1.807) is 74.5 Å². The maximum atomic E-state index is 13.7. The quantitative estimate of drug-likeness (QED) is 0.183. The van der Waals surface area contributed by atoms with Crippen LogP contribution in [0.15, 0.2) is 83.2 Å². The van der Waals surface area contributed by atoms with Crippen molar-refractivity contribution in [3.8, 4) is 0 Å². The van der Waals surface area contributed by atoms with Crippen molar-refractivity contribution in [2.24, 2.45) is 0 Å². The van der Waals surface area contributed by atoms with Gasteiger partial charge in [0.2, 0.25) is 23.6 Å². The zero-order valence-electron chi connectivity index (χ0n) is 29.3. The van der Waals surface area contributed by atoms with Gasteiger partial charge in [0.05, 0.1) is 11.4 Å². The number of β-lactam (4-membered cyclic amide) rings is 2. The minimum Gasteiger partial charge on any atom is -0.340 e. The minimum atomic E-state index is -1.28. The molecule has 16 heteroatoms. The number of nitrogens with zero attached hydrogens (tertiary/aromatic N) is 2. The van der Waals surface area contributed by atoms with Gasteiger partial charge >= 0.3 is 0 Å². The number of carbonyl (C=O) groups is 8. The van der Waals surface area contributed by atoms with Crippen LogP contribution >= 0.6 is 23.5 Å². The maximum Gasteiger partial charge on any atom is 0.253 e. The second kappa shape index (κ2) is 15.4. The van der Waals surface area contributed by atoms with E-state index in [-0.39, 0.29) is 11.6 Å². The zero-order chi connectivity index (χ0) is 38.1. The number of carbonyl (C=O) groups excluding carboxylic acids is 8. The van der Waals surface area contributed by atoms with E-state index in [1.165, 1.54) is 47.2 Å². The second-order valence-corrected chi connectivity index (χ2v) is 15.4. The van der Waals surface area contributed by atoms with Crippen LogP contribution in [0, 0.1) is 0 Å². The maximum absolute atomic E-state index is 13.7. The Balaban J connectivity index is 1.12. The number of thioether (sulfide) groups is 2. The van der Waals surface area contributed by atoms with Crippen LogP contribution in [-0.4, -0.2) is 91.1 Å². The van der Waals surface area contributed by atoms with Gasteiger partial charge in [0, 0.05) is 25.4 Å². The molecule has 4 N–H and O–H groups in total. The average molecular weight is 759 g/mol. The summed E-state index contributed by atoms with van der Waals surface area (Å²) < 4.78 is 0. The van der Waals surface area contributed by atoms with Crippen LogP contribution in [0.25, 0.3) is 0 Å². The van der Waals surface area contributed by atoms with Crippen molar-refractivity contribution in [3.63, 3.8) is 0 Å². The number of rotatable bonds is 12. The largest absolute Gasteiger partial charge is 0.340 e. The molecule has 276 valence electrons. The summed E-state index contributed by atoms with van der Waals surface area (Å²) >= 11 is 2.83. The lowest BCUT2D eigenvalue weighted by Crippen LogP contribution is -2.71. The van der Waals surface area contributed by atoms with Gasteiger partial charge in [-0.25, -0.2) is 0 Å². The lowest BCUT2D eigenvalue weighted by molar-refractivity contribution is -0.148. The molecular weight excluding hydrogens is 721 g/mol. The van der Waals surface area contributed by atoms with Gasteiger partial charge in [0.15, 0.2) is 11.6 Å². The van der Waals surface area contributed by atoms with Crippen molar-refractivity contribution in [3.05, 3.63) is 94.3 Å². The van der Waals surface area contributed by atoms with E-state index < -0.39 is 76.8 Å². The molecule has 6 amide bonds. The molecule has 4 aliphatic heterocycles. The van der Waals surface area contributed by atoms with Crippen LogP contribution in [0.5, 0.6) is 0 Å². The molecule has 53 heavy (non-hydrogen) atoms. The fourth-order valence-electron chi connectivity index (χ4n) is 6.85. The first-order valence-electron chi connectivity index (χ1n) is 16.9. The number of Topliss-reactive ketones (excluding diaryl/α,β-unsaturated/α-hetero) is 2. The molecule has 0 radical (unpaired) electrons. The van der Waals surface area contributed by atoms with Crippen molar-refractivity contribution in [1.82, 2.24) is 31.1 Å². The Morgan fingerprint density at radius 3 is 1.34 bits per heavy atom. The number of amides is 6.